The van der Waals surface area contributed by atoms with Gasteiger partial charge in [0.2, 0.25) is 0 Å². The Labute approximate surface area is 171 Å². The highest BCUT2D eigenvalue weighted by molar-refractivity contribution is 7.80. The average molecular weight is 428 g/mol. The van der Waals surface area contributed by atoms with Gasteiger partial charge in [0.15, 0.2) is 5.11 Å². The SMILES string of the molecule is CNC(=S)N(C)C(=O)C(C)(c1ccc(OC)c(N=S(=O)=O)c1)N1CCNCC1. The number of rotatable bonds is 5. The summed E-state index contributed by atoms with van der Waals surface area (Å²) in [5.74, 6) is 0.0790. The standard InChI is InChI=1S/C17H25N5O4S2/c1-17(22-9-7-19-8-10-22,15(23)21(3)16(27)18-2)12-5-6-14(26-4)13(11-12)20-28(24)25/h5-6,11,19H,7-10H2,1-4H3,(H,18,27). The van der Waals surface area contributed by atoms with E-state index in [2.05, 4.69) is 19.9 Å². The lowest BCUT2D eigenvalue weighted by molar-refractivity contribution is -0.140. The smallest absolute Gasteiger partial charge is 0.316 e. The Hall–Kier alpha value is -2.08. The number of hydrogen-bond donors (Lipinski definition) is 2. The molecule has 28 heavy (non-hydrogen) atoms. The first kappa shape index (κ1) is 22.2. The maximum absolute atomic E-state index is 13.5. The summed E-state index contributed by atoms with van der Waals surface area (Å²) in [6.45, 7) is 4.58. The number of hydrogen-bond acceptors (Lipinski definition) is 8. The maximum atomic E-state index is 13.5. The fraction of sp³-hybridized carbons (Fsp3) is 0.529. The molecule has 1 aliphatic rings. The summed E-state index contributed by atoms with van der Waals surface area (Å²) in [6.07, 6.45) is 0. The Morgan fingerprint density at radius 1 is 1.39 bits per heavy atom. The van der Waals surface area contributed by atoms with E-state index in [9.17, 15) is 13.2 Å². The number of benzene rings is 1. The summed E-state index contributed by atoms with van der Waals surface area (Å²) in [5, 5.41) is 6.38. The van der Waals surface area contributed by atoms with Crippen molar-refractivity contribution < 1.29 is 17.9 Å². The van der Waals surface area contributed by atoms with E-state index >= 15 is 0 Å². The number of carbonyl (C=O) groups is 1. The third-order valence-electron chi connectivity index (χ3n) is 4.90. The number of nitrogens with zero attached hydrogens (tertiary/aromatic N) is 3. The van der Waals surface area contributed by atoms with Gasteiger partial charge in [-0.2, -0.15) is 8.42 Å². The van der Waals surface area contributed by atoms with E-state index in [0.717, 1.165) is 13.1 Å². The summed E-state index contributed by atoms with van der Waals surface area (Å²) in [5.41, 5.74) is -0.324. The van der Waals surface area contributed by atoms with Gasteiger partial charge in [0.1, 0.15) is 17.0 Å². The van der Waals surface area contributed by atoms with Crippen LogP contribution in [0.1, 0.15) is 12.5 Å². The van der Waals surface area contributed by atoms with Crippen molar-refractivity contribution in [2.45, 2.75) is 12.5 Å². The van der Waals surface area contributed by atoms with E-state index in [0.29, 0.717) is 29.5 Å². The minimum atomic E-state index is -2.65. The minimum Gasteiger partial charge on any atom is -0.494 e. The zero-order valence-electron chi connectivity index (χ0n) is 16.4. The molecule has 0 aliphatic carbocycles. The molecule has 1 atom stereocenters. The molecule has 2 N–H and O–H groups in total. The zero-order chi connectivity index (χ0) is 20.9. The molecule has 1 unspecified atom stereocenters. The van der Waals surface area contributed by atoms with Gasteiger partial charge in [0.05, 0.1) is 7.11 Å². The van der Waals surface area contributed by atoms with Gasteiger partial charge >= 0.3 is 10.5 Å². The molecule has 1 aromatic rings. The Morgan fingerprint density at radius 3 is 2.57 bits per heavy atom. The largest absolute Gasteiger partial charge is 0.494 e. The van der Waals surface area contributed by atoms with Crippen molar-refractivity contribution in [1.29, 1.82) is 0 Å². The van der Waals surface area contributed by atoms with Crippen LogP contribution in [0.15, 0.2) is 22.6 Å². The number of methoxy groups -OCH3 is 1. The van der Waals surface area contributed by atoms with E-state index in [-0.39, 0.29) is 11.6 Å². The number of carbonyl (C=O) groups excluding carboxylic acids is 1. The van der Waals surface area contributed by atoms with Crippen molar-refractivity contribution in [2.24, 2.45) is 4.36 Å². The Morgan fingerprint density at radius 2 is 2.04 bits per heavy atom. The van der Waals surface area contributed by atoms with Crippen LogP contribution in [0.5, 0.6) is 5.75 Å². The fourth-order valence-electron chi connectivity index (χ4n) is 3.28. The molecule has 1 amide bonds. The molecule has 9 nitrogen and oxygen atoms in total. The van der Waals surface area contributed by atoms with Gasteiger partial charge < -0.3 is 15.4 Å². The predicted octanol–water partition coefficient (Wildman–Crippen LogP) is 0.473. The van der Waals surface area contributed by atoms with Gasteiger partial charge in [0.25, 0.3) is 5.91 Å². The number of nitrogens with one attached hydrogen (secondary N) is 2. The Bertz CT molecular complexity index is 876. The topological polar surface area (TPSA) is 103 Å². The maximum Gasteiger partial charge on any atom is 0.316 e. The van der Waals surface area contributed by atoms with Crippen LogP contribution in [-0.4, -0.2) is 76.6 Å². The van der Waals surface area contributed by atoms with Crippen molar-refractivity contribution in [3.63, 3.8) is 0 Å². The second-order valence-corrected chi connectivity index (χ2v) is 7.43. The first-order valence-corrected chi connectivity index (χ1v) is 10.1. The first-order valence-electron chi connectivity index (χ1n) is 8.71. The van der Waals surface area contributed by atoms with E-state index in [1.54, 1.807) is 32.3 Å². The molecule has 1 saturated heterocycles. The van der Waals surface area contributed by atoms with Crippen LogP contribution in [0.25, 0.3) is 0 Å². The quantitative estimate of drug-likeness (QED) is 0.654. The minimum absolute atomic E-state index is 0.140. The van der Waals surface area contributed by atoms with Crippen molar-refractivity contribution in [2.75, 3.05) is 47.4 Å². The fourth-order valence-corrected chi connectivity index (χ4v) is 3.67. The van der Waals surface area contributed by atoms with Crippen LogP contribution >= 0.6 is 12.2 Å². The molecule has 11 heteroatoms. The molecule has 1 aliphatic heterocycles. The van der Waals surface area contributed by atoms with Crippen LogP contribution in [0.4, 0.5) is 5.69 Å². The van der Waals surface area contributed by atoms with Gasteiger partial charge in [-0.25, -0.2) is 0 Å². The molecule has 0 bridgehead atoms. The van der Waals surface area contributed by atoms with Gasteiger partial charge in [-0.1, -0.05) is 6.07 Å². The summed E-state index contributed by atoms with van der Waals surface area (Å²) in [6, 6.07) is 4.94. The van der Waals surface area contributed by atoms with Gasteiger partial charge in [0, 0.05) is 40.3 Å². The lowest BCUT2D eigenvalue weighted by Gasteiger charge is -2.44. The highest BCUT2D eigenvalue weighted by Crippen LogP contribution is 2.37. The van der Waals surface area contributed by atoms with Crippen molar-refractivity contribution in [3.05, 3.63) is 23.8 Å². The predicted molar refractivity (Wildman–Crippen MR) is 110 cm³/mol. The lowest BCUT2D eigenvalue weighted by atomic mass is 9.87. The molecule has 2 rings (SSSR count). The molecule has 0 aromatic heterocycles. The molecule has 1 aromatic carbocycles. The lowest BCUT2D eigenvalue weighted by Crippen LogP contribution is -2.61. The van der Waals surface area contributed by atoms with Crippen LogP contribution in [-0.2, 0) is 20.8 Å². The van der Waals surface area contributed by atoms with Gasteiger partial charge in [-0.05, 0) is 36.8 Å². The van der Waals surface area contributed by atoms with E-state index in [1.807, 2.05) is 6.92 Å². The third-order valence-corrected chi connectivity index (χ3v) is 5.73. The second-order valence-electron chi connectivity index (χ2n) is 6.42. The van der Waals surface area contributed by atoms with Crippen molar-refractivity contribution in [3.8, 4) is 5.75 Å². The zero-order valence-corrected chi connectivity index (χ0v) is 18.0. The van der Waals surface area contributed by atoms with Gasteiger partial charge in [-0.3, -0.25) is 14.6 Å². The first-order chi connectivity index (χ1) is 13.2. The highest BCUT2D eigenvalue weighted by atomic mass is 32.2. The summed E-state index contributed by atoms with van der Waals surface area (Å²) in [4.78, 5) is 17.0. The van der Waals surface area contributed by atoms with Crippen LogP contribution in [0.2, 0.25) is 0 Å². The Balaban J connectivity index is 2.63. The number of amides is 1. The molecular formula is C17H25N5O4S2. The highest BCUT2D eigenvalue weighted by Gasteiger charge is 2.44. The molecule has 1 heterocycles. The second kappa shape index (κ2) is 9.41. The van der Waals surface area contributed by atoms with Crippen LogP contribution in [0, 0.1) is 0 Å². The third kappa shape index (κ3) is 4.49. The van der Waals surface area contributed by atoms with E-state index in [4.69, 9.17) is 17.0 Å². The average Bonchev–Trinajstić information content (AvgIpc) is 2.71. The van der Waals surface area contributed by atoms with Crippen molar-refractivity contribution in [1.82, 2.24) is 20.4 Å². The monoisotopic (exact) mass is 427 g/mol. The van der Waals surface area contributed by atoms with E-state index in [1.165, 1.54) is 12.0 Å². The van der Waals surface area contributed by atoms with Crippen LogP contribution < -0.4 is 15.4 Å². The Kier molecular flexibility index (Phi) is 7.47. The molecule has 0 saturated carbocycles. The normalized spacial score (nSPS) is 16.6. The van der Waals surface area contributed by atoms with Crippen molar-refractivity contribution >= 4 is 39.4 Å². The number of thiocarbonyl (C=S) groups is 1. The molecule has 0 radical (unpaired) electrons. The number of likely N-dealkylation sites (N-methyl/N-ethyl adjacent to an activating group) is 1. The number of piperazine rings is 1. The molecule has 1 fully saturated rings. The molecule has 154 valence electrons. The summed E-state index contributed by atoms with van der Waals surface area (Å²) >= 11 is 5.24. The van der Waals surface area contributed by atoms with Crippen LogP contribution in [0.3, 0.4) is 0 Å². The molecular weight excluding hydrogens is 402 g/mol. The summed E-state index contributed by atoms with van der Waals surface area (Å²) in [7, 11) is 2.05. The summed E-state index contributed by atoms with van der Waals surface area (Å²) < 4.78 is 31.1. The number of ether oxygens (including phenoxy) is 1. The van der Waals surface area contributed by atoms with Gasteiger partial charge in [-0.15, -0.1) is 4.36 Å². The van der Waals surface area contributed by atoms with E-state index < -0.39 is 16.0 Å². The molecule has 0 spiro atoms.